The molecule has 0 aliphatic carbocycles. The third-order valence-corrected chi connectivity index (χ3v) is 2.90. The van der Waals surface area contributed by atoms with Gasteiger partial charge in [-0.2, -0.15) is 5.10 Å². The smallest absolute Gasteiger partial charge is 0.325 e. The molecule has 9 nitrogen and oxygen atoms in total. The van der Waals surface area contributed by atoms with Crippen molar-refractivity contribution in [2.45, 2.75) is 6.54 Å². The number of anilines is 1. The van der Waals surface area contributed by atoms with Crippen LogP contribution >= 0.6 is 0 Å². The van der Waals surface area contributed by atoms with Crippen molar-refractivity contribution in [3.63, 3.8) is 0 Å². The number of carbonyl (C=O) groups is 2. The fourth-order valence-electron chi connectivity index (χ4n) is 1.07. The number of aromatic nitrogens is 2. The summed E-state index contributed by atoms with van der Waals surface area (Å²) >= 11 is 0. The summed E-state index contributed by atoms with van der Waals surface area (Å²) in [6.07, 6.45) is 2.33. The summed E-state index contributed by atoms with van der Waals surface area (Å²) in [5, 5.41) is 12.1. The van der Waals surface area contributed by atoms with Crippen LogP contribution in [0, 0.1) is 0 Å². The Balaban J connectivity index is 2.69. The predicted molar refractivity (Wildman–Crippen MR) is 59.3 cm³/mol. The van der Waals surface area contributed by atoms with E-state index in [1.54, 1.807) is 0 Å². The molecule has 0 spiro atoms. The highest BCUT2D eigenvalue weighted by atomic mass is 32.2. The Kier molecular flexibility index (Phi) is 4.26. The van der Waals surface area contributed by atoms with Crippen LogP contribution in [0.1, 0.15) is 0 Å². The lowest BCUT2D eigenvalue weighted by Gasteiger charge is -2.03. The van der Waals surface area contributed by atoms with Gasteiger partial charge < -0.3 is 9.84 Å². The van der Waals surface area contributed by atoms with Crippen molar-refractivity contribution in [3.8, 4) is 0 Å². The first-order valence-corrected chi connectivity index (χ1v) is 6.29. The summed E-state index contributed by atoms with van der Waals surface area (Å²) in [5.74, 6) is -2.84. The molecule has 18 heavy (non-hydrogen) atoms. The van der Waals surface area contributed by atoms with Gasteiger partial charge in [-0.15, -0.1) is 0 Å². The van der Waals surface area contributed by atoms with Crippen LogP contribution in [0.2, 0.25) is 0 Å². The molecule has 2 N–H and O–H groups in total. The number of carboxylic acid groups (broad SMARTS) is 1. The van der Waals surface area contributed by atoms with Gasteiger partial charge in [-0.05, 0) is 0 Å². The van der Waals surface area contributed by atoms with Crippen LogP contribution in [0.25, 0.3) is 0 Å². The number of sulfonamides is 1. The van der Waals surface area contributed by atoms with E-state index in [0.717, 1.165) is 18.0 Å². The molecule has 100 valence electrons. The minimum atomic E-state index is -3.89. The number of hydrogen-bond donors (Lipinski definition) is 2. The lowest BCUT2D eigenvalue weighted by molar-refractivity contribution is -0.138. The highest BCUT2D eigenvalue weighted by Gasteiger charge is 2.17. The molecular formula is C8H11N3O6S. The third kappa shape index (κ3) is 4.41. The fraction of sp³-hybridized carbons (Fsp3) is 0.375. The molecule has 0 aliphatic heterocycles. The molecule has 1 rings (SSSR count). The molecule has 1 heterocycles. The van der Waals surface area contributed by atoms with Crippen molar-refractivity contribution in [3.05, 3.63) is 12.4 Å². The summed E-state index contributed by atoms with van der Waals surface area (Å²) in [6, 6.07) is 0. The van der Waals surface area contributed by atoms with Gasteiger partial charge in [0.15, 0.2) is 5.75 Å². The van der Waals surface area contributed by atoms with Crippen molar-refractivity contribution in [1.82, 2.24) is 9.78 Å². The summed E-state index contributed by atoms with van der Waals surface area (Å²) < 4.78 is 30.2. The van der Waals surface area contributed by atoms with Gasteiger partial charge >= 0.3 is 11.9 Å². The van der Waals surface area contributed by atoms with E-state index in [1.807, 2.05) is 0 Å². The first-order valence-electron chi connectivity index (χ1n) is 4.64. The van der Waals surface area contributed by atoms with Gasteiger partial charge in [-0.3, -0.25) is 19.0 Å². The minimum Gasteiger partial charge on any atom is -0.480 e. The van der Waals surface area contributed by atoms with Crippen LogP contribution in [0.15, 0.2) is 12.4 Å². The highest BCUT2D eigenvalue weighted by molar-refractivity contribution is 7.93. The number of esters is 1. The highest BCUT2D eigenvalue weighted by Crippen LogP contribution is 2.07. The quantitative estimate of drug-likeness (QED) is 0.630. The molecule has 0 unspecified atom stereocenters. The molecular weight excluding hydrogens is 266 g/mol. The van der Waals surface area contributed by atoms with Crippen LogP contribution in [0.4, 0.5) is 5.69 Å². The monoisotopic (exact) mass is 277 g/mol. The predicted octanol–water partition coefficient (Wildman–Crippen LogP) is -1.12. The molecule has 1 aromatic rings. The number of rotatable bonds is 6. The van der Waals surface area contributed by atoms with Crippen molar-refractivity contribution >= 4 is 27.6 Å². The van der Waals surface area contributed by atoms with Crippen molar-refractivity contribution in [1.29, 1.82) is 0 Å². The lowest BCUT2D eigenvalue weighted by Crippen LogP contribution is -2.23. The second-order valence-corrected chi connectivity index (χ2v) is 4.98. The largest absolute Gasteiger partial charge is 0.480 e. The fourth-order valence-corrected chi connectivity index (χ4v) is 2.04. The average molecular weight is 277 g/mol. The van der Waals surface area contributed by atoms with Gasteiger partial charge in [0.25, 0.3) is 0 Å². The maximum Gasteiger partial charge on any atom is 0.325 e. The second kappa shape index (κ2) is 5.49. The van der Waals surface area contributed by atoms with Crippen molar-refractivity contribution in [2.24, 2.45) is 0 Å². The zero-order valence-electron chi connectivity index (χ0n) is 9.36. The van der Waals surface area contributed by atoms with Gasteiger partial charge in [-0.25, -0.2) is 8.42 Å². The standard InChI is InChI=1S/C8H11N3O6S/c1-17-8(14)5-18(15,16)10-6-2-9-11(3-6)4-7(12)13/h2-3,10H,4-5H2,1H3,(H,12,13). The Bertz CT molecular complexity index is 549. The zero-order chi connectivity index (χ0) is 13.8. The molecule has 0 aromatic carbocycles. The number of aliphatic carboxylic acids is 1. The minimum absolute atomic E-state index is 0.0696. The molecule has 0 aliphatic rings. The number of nitrogens with one attached hydrogen (secondary N) is 1. The SMILES string of the molecule is COC(=O)CS(=O)(=O)Nc1cnn(CC(=O)O)c1. The van der Waals surface area contributed by atoms with E-state index in [0.29, 0.717) is 0 Å². The third-order valence-electron chi connectivity index (χ3n) is 1.74. The Morgan fingerprint density at radius 3 is 2.78 bits per heavy atom. The molecule has 0 atom stereocenters. The first-order chi connectivity index (χ1) is 8.32. The normalized spacial score (nSPS) is 10.9. The van der Waals surface area contributed by atoms with Gasteiger partial charge in [0.05, 0.1) is 19.0 Å². The molecule has 0 saturated carbocycles. The molecule has 0 amide bonds. The maximum atomic E-state index is 11.4. The Hall–Kier alpha value is -2.10. The molecule has 10 heteroatoms. The average Bonchev–Trinajstić information content (AvgIpc) is 2.62. The molecule has 1 aromatic heterocycles. The number of nitrogens with zero attached hydrogens (tertiary/aromatic N) is 2. The van der Waals surface area contributed by atoms with Gasteiger partial charge in [0.2, 0.25) is 10.0 Å². The van der Waals surface area contributed by atoms with Crippen LogP contribution in [0.5, 0.6) is 0 Å². The zero-order valence-corrected chi connectivity index (χ0v) is 10.2. The number of carbonyl (C=O) groups excluding carboxylic acids is 1. The van der Waals surface area contributed by atoms with Crippen molar-refractivity contribution < 1.29 is 27.9 Å². The molecule has 0 fully saturated rings. The van der Waals surface area contributed by atoms with E-state index in [4.69, 9.17) is 5.11 Å². The number of carboxylic acids is 1. The molecule has 0 radical (unpaired) electrons. The Labute approximate surface area is 102 Å². The first kappa shape index (κ1) is 14.0. The maximum absolute atomic E-state index is 11.4. The lowest BCUT2D eigenvalue weighted by atomic mass is 10.6. The van der Waals surface area contributed by atoms with E-state index in [9.17, 15) is 18.0 Å². The van der Waals surface area contributed by atoms with Crippen LogP contribution in [0.3, 0.4) is 0 Å². The van der Waals surface area contributed by atoms with Crippen LogP contribution < -0.4 is 4.72 Å². The van der Waals surface area contributed by atoms with Crippen LogP contribution in [-0.2, 0) is 30.9 Å². The van der Waals surface area contributed by atoms with Crippen LogP contribution in [-0.4, -0.2) is 48.1 Å². The Morgan fingerprint density at radius 2 is 2.22 bits per heavy atom. The summed E-state index contributed by atoms with van der Waals surface area (Å²) in [6.45, 7) is -0.390. The summed E-state index contributed by atoms with van der Waals surface area (Å²) in [7, 11) is -2.81. The van der Waals surface area contributed by atoms with Crippen molar-refractivity contribution in [2.75, 3.05) is 17.6 Å². The topological polar surface area (TPSA) is 128 Å². The van der Waals surface area contributed by atoms with Gasteiger partial charge in [0, 0.05) is 6.20 Å². The number of methoxy groups -OCH3 is 1. The summed E-state index contributed by atoms with van der Waals surface area (Å²) in [4.78, 5) is 21.2. The number of ether oxygens (including phenoxy) is 1. The van der Waals surface area contributed by atoms with E-state index < -0.39 is 34.3 Å². The molecule has 0 saturated heterocycles. The Morgan fingerprint density at radius 1 is 1.56 bits per heavy atom. The summed E-state index contributed by atoms with van der Waals surface area (Å²) in [5.41, 5.74) is 0.0696. The molecule has 0 bridgehead atoms. The second-order valence-electron chi connectivity index (χ2n) is 3.26. The van der Waals surface area contributed by atoms with Gasteiger partial charge in [0.1, 0.15) is 6.54 Å². The van der Waals surface area contributed by atoms with E-state index in [-0.39, 0.29) is 5.69 Å². The van der Waals surface area contributed by atoms with E-state index >= 15 is 0 Å². The van der Waals surface area contributed by atoms with E-state index in [1.165, 1.54) is 6.20 Å². The van der Waals surface area contributed by atoms with Gasteiger partial charge in [-0.1, -0.05) is 0 Å². The number of hydrogen-bond acceptors (Lipinski definition) is 6. The van der Waals surface area contributed by atoms with E-state index in [2.05, 4.69) is 14.6 Å².